The van der Waals surface area contributed by atoms with Gasteiger partial charge < -0.3 is 0 Å². The van der Waals surface area contributed by atoms with Crippen LogP contribution in [0.4, 0.5) is 0 Å². The van der Waals surface area contributed by atoms with Crippen molar-refractivity contribution in [3.63, 3.8) is 0 Å². The molecule has 0 aliphatic heterocycles. The second kappa shape index (κ2) is 11.3. The van der Waals surface area contributed by atoms with Crippen LogP contribution in [0.15, 0.2) is 48.5 Å². The molecule has 0 aliphatic carbocycles. The molecule has 0 unspecified atom stereocenters. The first-order valence-electron chi connectivity index (χ1n) is 7.34. The zero-order valence-electron chi connectivity index (χ0n) is 14.1. The quantitative estimate of drug-likeness (QED) is 0.302. The van der Waals surface area contributed by atoms with Crippen LogP contribution in [0.5, 0.6) is 0 Å². The molecule has 0 N–H and O–H groups in total. The fraction of sp³-hybridized carbons (Fsp3) is 0.250. The molecule has 0 saturated carbocycles. The van der Waals surface area contributed by atoms with Crippen LogP contribution in [0, 0.1) is 0 Å². The Balaban J connectivity index is 0.000000352. The normalized spacial score (nSPS) is 13.1. The molecule has 0 saturated heterocycles. The van der Waals surface area contributed by atoms with Crippen LogP contribution in [0.25, 0.3) is 0 Å². The highest BCUT2D eigenvalue weighted by Crippen LogP contribution is 2.49. The van der Waals surface area contributed by atoms with Crippen molar-refractivity contribution in [3.05, 3.63) is 69.7 Å². The van der Waals surface area contributed by atoms with Crippen LogP contribution in [-0.2, 0) is 9.84 Å². The Morgan fingerprint density at radius 3 is 1.10 bits per heavy atom. The number of benzene rings is 2. The molecule has 0 aliphatic rings. The van der Waals surface area contributed by atoms with Crippen LogP contribution in [0.1, 0.15) is 17.0 Å². The predicted octanol–water partition coefficient (Wildman–Crippen LogP) is 9.55. The largest absolute Gasteiger partial charge is 0.296 e. The summed E-state index contributed by atoms with van der Waals surface area (Å²) in [5, 5.41) is 1.08. The number of hydrogen-bond acceptors (Lipinski definition) is 2. The second-order valence-corrected chi connectivity index (χ2v) is 16.7. The van der Waals surface area contributed by atoms with Gasteiger partial charge in [-0.2, -0.15) is 0 Å². The summed E-state index contributed by atoms with van der Waals surface area (Å²) in [4.78, 5) is 0. The lowest BCUT2D eigenvalue weighted by Crippen LogP contribution is -2.31. The van der Waals surface area contributed by atoms with E-state index in [1.807, 2.05) is 36.4 Å². The molecule has 0 bridgehead atoms. The van der Waals surface area contributed by atoms with Gasteiger partial charge in [0.15, 0.2) is 0 Å². The average molecular weight is 655 g/mol. The van der Waals surface area contributed by atoms with Crippen molar-refractivity contribution in [1.29, 1.82) is 0 Å². The summed E-state index contributed by atoms with van der Waals surface area (Å²) < 4.78 is 15.0. The summed E-state index contributed by atoms with van der Waals surface area (Å²) in [6.45, 7) is 0. The van der Waals surface area contributed by atoms with Crippen molar-refractivity contribution in [1.82, 2.24) is 0 Å². The summed E-state index contributed by atoms with van der Waals surface area (Å²) >= 11 is 60.8. The highest BCUT2D eigenvalue weighted by atomic mass is 35.6. The molecule has 2 nitrogen and oxygen atoms in total. The lowest BCUT2D eigenvalue weighted by molar-refractivity contribution is 0.597. The van der Waals surface area contributed by atoms with Gasteiger partial charge in [0.1, 0.15) is 0 Å². The number of alkyl halides is 9. The molecule has 0 aromatic heterocycles. The number of hydrogen-bond donors (Lipinski definition) is 0. The molecule has 0 heterocycles. The van der Waals surface area contributed by atoms with E-state index in [2.05, 4.69) is 0 Å². The van der Waals surface area contributed by atoms with Gasteiger partial charge in [-0.05, 0) is 23.3 Å². The molecule has 2 aromatic carbocycles. The van der Waals surface area contributed by atoms with Crippen LogP contribution < -0.4 is 0 Å². The van der Waals surface area contributed by atoms with Crippen LogP contribution >= 0.6 is 128 Å². The van der Waals surface area contributed by atoms with E-state index in [-0.39, 0.29) is 0 Å². The molecule has 168 valence electrons. The standard InChI is InChI=1S/C14H9Cl5.C2Cl6O2S/c15-11-7-3-1-5-9(11)13(14(17,18)19)10-6-2-4-8-12(10)16;3-1(4,5)11(9,10)2(6,7)8/h1-8,13H;. The van der Waals surface area contributed by atoms with Gasteiger partial charge >= 0.3 is 0 Å². The van der Waals surface area contributed by atoms with Gasteiger partial charge in [0.05, 0.1) is 5.92 Å². The van der Waals surface area contributed by atoms with Crippen molar-refractivity contribution in [2.24, 2.45) is 0 Å². The number of sulfone groups is 1. The second-order valence-electron chi connectivity index (χ2n) is 5.41. The minimum atomic E-state index is -4.42. The van der Waals surface area contributed by atoms with Gasteiger partial charge in [-0.3, -0.25) is 0 Å². The Morgan fingerprint density at radius 2 is 0.900 bits per heavy atom. The maximum Gasteiger partial charge on any atom is 0.296 e. The lowest BCUT2D eigenvalue weighted by Gasteiger charge is -2.27. The highest BCUT2D eigenvalue weighted by Gasteiger charge is 2.52. The van der Waals surface area contributed by atoms with Crippen molar-refractivity contribution in [2.45, 2.75) is 16.0 Å². The van der Waals surface area contributed by atoms with E-state index in [0.717, 1.165) is 11.1 Å². The Hall–Kier alpha value is 1.58. The first-order chi connectivity index (χ1) is 13.4. The minimum absolute atomic E-state index is 0.528. The van der Waals surface area contributed by atoms with Crippen molar-refractivity contribution < 1.29 is 8.42 Å². The molecular formula is C16H9Cl11O2S. The molecule has 0 radical (unpaired) electrons. The minimum Gasteiger partial charge on any atom is -0.220 e. The van der Waals surface area contributed by atoms with Crippen LogP contribution in [0.3, 0.4) is 0 Å². The Morgan fingerprint density at radius 1 is 0.600 bits per heavy atom. The molecule has 2 rings (SSSR count). The molecular weight excluding hydrogens is 646 g/mol. The lowest BCUT2D eigenvalue weighted by atomic mass is 9.92. The summed E-state index contributed by atoms with van der Waals surface area (Å²) in [6.07, 6.45) is 0. The van der Waals surface area contributed by atoms with Crippen LogP contribution in [0.2, 0.25) is 10.0 Å². The maximum atomic E-state index is 10.9. The summed E-state index contributed by atoms with van der Waals surface area (Å²) in [5.41, 5.74) is 1.47. The fourth-order valence-electron chi connectivity index (χ4n) is 2.07. The molecule has 0 fully saturated rings. The van der Waals surface area contributed by atoms with Crippen molar-refractivity contribution in [3.8, 4) is 0 Å². The Labute approximate surface area is 229 Å². The zero-order chi connectivity index (χ0) is 23.5. The number of rotatable bonds is 2. The third kappa shape index (κ3) is 7.82. The molecule has 14 heteroatoms. The van der Waals surface area contributed by atoms with Gasteiger partial charge in [0.2, 0.25) is 13.6 Å². The van der Waals surface area contributed by atoms with Gasteiger partial charge in [0.25, 0.3) is 6.25 Å². The van der Waals surface area contributed by atoms with Gasteiger partial charge in [0, 0.05) is 10.0 Å². The van der Waals surface area contributed by atoms with Gasteiger partial charge in [-0.1, -0.05) is 164 Å². The maximum absolute atomic E-state index is 10.9. The van der Waals surface area contributed by atoms with Crippen molar-refractivity contribution >= 4 is 137 Å². The zero-order valence-corrected chi connectivity index (χ0v) is 23.2. The summed E-state index contributed by atoms with van der Waals surface area (Å²) in [6, 6.07) is 14.5. The molecule has 0 atom stereocenters. The van der Waals surface area contributed by atoms with E-state index in [1.54, 1.807) is 12.1 Å². The van der Waals surface area contributed by atoms with E-state index in [9.17, 15) is 8.42 Å². The van der Waals surface area contributed by atoms with Gasteiger partial charge in [-0.25, -0.2) is 8.42 Å². The highest BCUT2D eigenvalue weighted by molar-refractivity contribution is 8.02. The SMILES string of the molecule is Clc1ccccc1C(c1ccccc1Cl)C(Cl)(Cl)Cl.O=S(=O)(C(Cl)(Cl)Cl)C(Cl)(Cl)Cl. The molecule has 0 spiro atoms. The third-order valence-corrected chi connectivity index (χ3v) is 9.59. The van der Waals surface area contributed by atoms with E-state index < -0.39 is 25.8 Å². The third-order valence-electron chi connectivity index (χ3n) is 3.37. The van der Waals surface area contributed by atoms with Crippen molar-refractivity contribution in [2.75, 3.05) is 0 Å². The fourth-order valence-corrected chi connectivity index (χ4v) is 6.68. The summed E-state index contributed by atoms with van der Waals surface area (Å²) in [7, 11) is -4.42. The van der Waals surface area contributed by atoms with E-state index >= 15 is 0 Å². The Bertz CT molecular complexity index is 895. The molecule has 30 heavy (non-hydrogen) atoms. The van der Waals surface area contributed by atoms with Gasteiger partial charge in [-0.15, -0.1) is 0 Å². The molecule has 0 amide bonds. The average Bonchev–Trinajstić information content (AvgIpc) is 2.56. The first-order valence-corrected chi connectivity index (χ1v) is 13.0. The topological polar surface area (TPSA) is 34.1 Å². The first kappa shape index (κ1) is 29.6. The van der Waals surface area contributed by atoms with E-state index in [0.29, 0.717) is 10.0 Å². The van der Waals surface area contributed by atoms with E-state index in [1.165, 1.54) is 0 Å². The Kier molecular flexibility index (Phi) is 11.2. The number of halogens is 11. The monoisotopic (exact) mass is 650 g/mol. The van der Waals surface area contributed by atoms with E-state index in [4.69, 9.17) is 128 Å². The predicted molar refractivity (Wildman–Crippen MR) is 135 cm³/mol. The smallest absolute Gasteiger partial charge is 0.220 e. The van der Waals surface area contributed by atoms with Crippen LogP contribution in [-0.4, -0.2) is 18.5 Å². The molecule has 2 aromatic rings. The summed E-state index contributed by atoms with van der Waals surface area (Å²) in [5.74, 6) is -0.528.